The summed E-state index contributed by atoms with van der Waals surface area (Å²) in [7, 11) is 0. The number of benzene rings is 1. The average molecular weight is 306 g/mol. The van der Waals surface area contributed by atoms with Crippen LogP contribution in [0.5, 0.6) is 0 Å². The van der Waals surface area contributed by atoms with Gasteiger partial charge in [-0.2, -0.15) is 0 Å². The molecule has 0 aliphatic rings. The molecule has 0 spiro atoms. The van der Waals surface area contributed by atoms with E-state index in [2.05, 4.69) is 16.9 Å². The number of aromatic nitrogens is 2. The number of hydrogen-bond donors (Lipinski definition) is 0. The summed E-state index contributed by atoms with van der Waals surface area (Å²) in [5.74, 6) is 0. The van der Waals surface area contributed by atoms with Crippen LogP contribution in [0.1, 0.15) is 6.92 Å². The van der Waals surface area contributed by atoms with Crippen LogP contribution in [-0.2, 0) is 0 Å². The molecule has 2 rings (SSSR count). The van der Waals surface area contributed by atoms with E-state index in [9.17, 15) is 0 Å². The second kappa shape index (κ2) is 4.67. The zero-order chi connectivity index (χ0) is 10.8. The van der Waals surface area contributed by atoms with Crippen molar-refractivity contribution in [2.24, 2.45) is 0 Å². The van der Waals surface area contributed by atoms with Crippen LogP contribution >= 0.6 is 23.2 Å². The van der Waals surface area contributed by atoms with E-state index in [4.69, 9.17) is 23.2 Å². The van der Waals surface area contributed by atoms with Gasteiger partial charge in [-0.3, -0.25) is 0 Å². The quantitative estimate of drug-likeness (QED) is 0.797. The van der Waals surface area contributed by atoms with Crippen LogP contribution in [0.4, 0.5) is 0 Å². The molecule has 0 amide bonds. The van der Waals surface area contributed by atoms with Crippen molar-refractivity contribution in [2.75, 3.05) is 0 Å². The van der Waals surface area contributed by atoms with Crippen molar-refractivity contribution in [1.29, 1.82) is 0 Å². The molecule has 78 valence electrons. The van der Waals surface area contributed by atoms with Gasteiger partial charge in [-0.25, -0.2) is 0 Å². The van der Waals surface area contributed by atoms with E-state index in [1.165, 1.54) is 0 Å². The minimum atomic E-state index is 0.356. The van der Waals surface area contributed by atoms with E-state index in [0.717, 1.165) is 20.8 Å². The van der Waals surface area contributed by atoms with Gasteiger partial charge in [-0.15, -0.1) is 0 Å². The molecule has 0 fully saturated rings. The Kier molecular flexibility index (Phi) is 3.47. The zero-order valence-electron chi connectivity index (χ0n) is 8.00. The number of rotatable bonds is 2. The van der Waals surface area contributed by atoms with Crippen molar-refractivity contribution < 1.29 is 0 Å². The van der Waals surface area contributed by atoms with Crippen molar-refractivity contribution in [1.82, 2.24) is 9.97 Å². The first-order valence-corrected chi connectivity index (χ1v) is 7.27. The van der Waals surface area contributed by atoms with Crippen molar-refractivity contribution in [3.63, 3.8) is 0 Å². The Bertz CT molecular complexity index is 502. The third-order valence-electron chi connectivity index (χ3n) is 1.90. The first-order chi connectivity index (χ1) is 7.22. The van der Waals surface area contributed by atoms with Gasteiger partial charge in [-0.05, 0) is 0 Å². The molecule has 2 nitrogen and oxygen atoms in total. The fraction of sp³-hybridized carbons (Fsp3) is 0.200. The van der Waals surface area contributed by atoms with Gasteiger partial charge in [-0.1, -0.05) is 0 Å². The molecular weight excluding hydrogens is 298 g/mol. The average Bonchev–Trinajstić information content (AvgIpc) is 2.19. The number of halogens is 2. The molecule has 2 aromatic rings. The van der Waals surface area contributed by atoms with Crippen molar-refractivity contribution in [3.05, 3.63) is 28.5 Å². The molecule has 0 N–H and O–H groups in total. The number of hydrogen-bond acceptors (Lipinski definition) is 2. The van der Waals surface area contributed by atoms with Crippen LogP contribution in [0.25, 0.3) is 10.9 Å². The SMILES string of the molecule is CC[Se]c1ncnc2c(Cl)cc(Cl)cc12. The molecule has 0 saturated carbocycles. The molecule has 1 aromatic carbocycles. The van der Waals surface area contributed by atoms with Gasteiger partial charge in [0.05, 0.1) is 0 Å². The van der Waals surface area contributed by atoms with E-state index in [-0.39, 0.29) is 0 Å². The maximum absolute atomic E-state index is 6.07. The zero-order valence-corrected chi connectivity index (χ0v) is 11.2. The van der Waals surface area contributed by atoms with Crippen LogP contribution in [0.3, 0.4) is 0 Å². The molecule has 0 aliphatic carbocycles. The van der Waals surface area contributed by atoms with Crippen LogP contribution in [0.15, 0.2) is 18.5 Å². The Morgan fingerprint density at radius 2 is 2.07 bits per heavy atom. The Morgan fingerprint density at radius 3 is 2.80 bits per heavy atom. The molecule has 0 unspecified atom stereocenters. The molecule has 1 heterocycles. The van der Waals surface area contributed by atoms with E-state index in [0.29, 0.717) is 25.0 Å². The predicted octanol–water partition coefficient (Wildman–Crippen LogP) is 2.70. The summed E-state index contributed by atoms with van der Waals surface area (Å²) in [4.78, 5) is 8.45. The Labute approximate surface area is 104 Å². The van der Waals surface area contributed by atoms with Gasteiger partial charge < -0.3 is 0 Å². The van der Waals surface area contributed by atoms with Gasteiger partial charge in [0.1, 0.15) is 0 Å². The van der Waals surface area contributed by atoms with Gasteiger partial charge in [0, 0.05) is 0 Å². The Morgan fingerprint density at radius 1 is 1.27 bits per heavy atom. The molecule has 0 bridgehead atoms. The summed E-state index contributed by atoms with van der Waals surface area (Å²) in [6.45, 7) is 2.14. The first kappa shape index (κ1) is 11.2. The predicted molar refractivity (Wildman–Crippen MR) is 65.4 cm³/mol. The summed E-state index contributed by atoms with van der Waals surface area (Å²) in [5, 5.41) is 3.31. The molecular formula is C10H8Cl2N2Se. The normalized spacial score (nSPS) is 10.9. The van der Waals surface area contributed by atoms with Crippen molar-refractivity contribution in [3.8, 4) is 0 Å². The molecule has 15 heavy (non-hydrogen) atoms. The van der Waals surface area contributed by atoms with Gasteiger partial charge in [0.15, 0.2) is 0 Å². The van der Waals surface area contributed by atoms with Gasteiger partial charge in [0.25, 0.3) is 0 Å². The van der Waals surface area contributed by atoms with E-state index < -0.39 is 0 Å². The summed E-state index contributed by atoms with van der Waals surface area (Å²) < 4.78 is 1.07. The molecule has 1 aromatic heterocycles. The molecule has 5 heteroatoms. The van der Waals surface area contributed by atoms with Crippen LogP contribution in [0, 0.1) is 0 Å². The van der Waals surface area contributed by atoms with Gasteiger partial charge in [0.2, 0.25) is 0 Å². The number of nitrogens with zero attached hydrogens (tertiary/aromatic N) is 2. The summed E-state index contributed by atoms with van der Waals surface area (Å²) >= 11 is 12.4. The first-order valence-electron chi connectivity index (χ1n) is 4.45. The fourth-order valence-electron chi connectivity index (χ4n) is 1.32. The fourth-order valence-corrected chi connectivity index (χ4v) is 3.34. The standard InChI is InChI=1S/C10H8Cl2N2Se/c1-2-15-10-7-3-6(11)4-8(12)9(7)13-5-14-10/h3-5H,2H2,1H3. The Balaban J connectivity index is 2.73. The summed E-state index contributed by atoms with van der Waals surface area (Å²) in [6.07, 6.45) is 1.56. The molecule has 0 atom stereocenters. The van der Waals surface area contributed by atoms with E-state index in [1.54, 1.807) is 12.4 Å². The van der Waals surface area contributed by atoms with Crippen molar-refractivity contribution >= 4 is 53.7 Å². The van der Waals surface area contributed by atoms with Crippen LogP contribution in [-0.4, -0.2) is 24.9 Å². The number of fused-ring (bicyclic) bond motifs is 1. The third-order valence-corrected chi connectivity index (χ3v) is 4.27. The van der Waals surface area contributed by atoms with Crippen molar-refractivity contribution in [2.45, 2.75) is 12.2 Å². The maximum atomic E-state index is 6.07. The monoisotopic (exact) mass is 306 g/mol. The van der Waals surface area contributed by atoms with E-state index in [1.807, 2.05) is 6.07 Å². The molecule has 0 saturated heterocycles. The summed E-state index contributed by atoms with van der Waals surface area (Å²) in [5.41, 5.74) is 0.793. The third kappa shape index (κ3) is 2.26. The second-order valence-corrected chi connectivity index (χ2v) is 6.37. The Hall–Kier alpha value is -0.341. The van der Waals surface area contributed by atoms with E-state index >= 15 is 0 Å². The van der Waals surface area contributed by atoms with Crippen LogP contribution < -0.4 is 4.59 Å². The second-order valence-electron chi connectivity index (χ2n) is 2.90. The topological polar surface area (TPSA) is 25.8 Å². The van der Waals surface area contributed by atoms with Crippen LogP contribution in [0.2, 0.25) is 15.4 Å². The molecule has 0 aliphatic heterocycles. The van der Waals surface area contributed by atoms with Gasteiger partial charge >= 0.3 is 104 Å². The minimum absolute atomic E-state index is 0.356. The molecule has 0 radical (unpaired) electrons. The summed E-state index contributed by atoms with van der Waals surface area (Å²) in [6, 6.07) is 3.59.